The highest BCUT2D eigenvalue weighted by atomic mass is 32.2. The summed E-state index contributed by atoms with van der Waals surface area (Å²) in [6, 6.07) is 16.7. The quantitative estimate of drug-likeness (QED) is 0.392. The summed E-state index contributed by atoms with van der Waals surface area (Å²) in [5.74, 6) is 1.25. The summed E-state index contributed by atoms with van der Waals surface area (Å²) < 4.78 is 27.3. The van der Waals surface area contributed by atoms with Crippen LogP contribution in [0.1, 0.15) is 34.9 Å². The van der Waals surface area contributed by atoms with Crippen LogP contribution < -0.4 is 4.72 Å². The van der Waals surface area contributed by atoms with Crippen molar-refractivity contribution < 1.29 is 8.42 Å². The molecular formula is C26H23N7O2S. The van der Waals surface area contributed by atoms with Crippen molar-refractivity contribution in [3.63, 3.8) is 0 Å². The second-order valence-electron chi connectivity index (χ2n) is 8.25. The van der Waals surface area contributed by atoms with E-state index in [9.17, 15) is 8.42 Å². The molecule has 0 fully saturated rings. The van der Waals surface area contributed by atoms with Gasteiger partial charge in [-0.25, -0.2) is 29.9 Å². The number of nitrogens with one attached hydrogen (secondary N) is 1. The van der Waals surface area contributed by atoms with Crippen molar-refractivity contribution in [3.05, 3.63) is 107 Å². The highest BCUT2D eigenvalue weighted by Crippen LogP contribution is 2.19. The molecule has 9 nitrogen and oxygen atoms in total. The maximum absolute atomic E-state index is 12.4. The summed E-state index contributed by atoms with van der Waals surface area (Å²) in [7, 11) is -3.67. The maximum atomic E-state index is 12.4. The number of nitrogens with zero attached hydrogens (tertiary/aromatic N) is 6. The van der Waals surface area contributed by atoms with Crippen LogP contribution in [0.25, 0.3) is 11.5 Å². The van der Waals surface area contributed by atoms with Gasteiger partial charge in [-0.2, -0.15) is 8.42 Å². The van der Waals surface area contributed by atoms with Gasteiger partial charge in [0.2, 0.25) is 0 Å². The Bertz CT molecular complexity index is 1570. The molecule has 0 saturated heterocycles. The van der Waals surface area contributed by atoms with Gasteiger partial charge in [-0.1, -0.05) is 18.2 Å². The summed E-state index contributed by atoms with van der Waals surface area (Å²) in [5, 5.41) is 0.0442. The average molecular weight is 498 g/mol. The smallest absolute Gasteiger partial charge is 0.278 e. The molecule has 1 aromatic carbocycles. The molecule has 1 aliphatic rings. The van der Waals surface area contributed by atoms with E-state index in [1.54, 1.807) is 36.8 Å². The van der Waals surface area contributed by atoms with Crippen LogP contribution in [-0.2, 0) is 22.9 Å². The SMILES string of the molecule is Cc1cccc(-c2nccc(Cc3ccnc(Cc4ccc(NS(=O)(=O)C5=CCC=N5)cc4)n3)n2)n1. The van der Waals surface area contributed by atoms with E-state index < -0.39 is 10.0 Å². The average Bonchev–Trinajstić information content (AvgIpc) is 3.42. The molecule has 5 rings (SSSR count). The normalized spacial score (nSPS) is 13.0. The van der Waals surface area contributed by atoms with Crippen LogP contribution in [0.3, 0.4) is 0 Å². The Morgan fingerprint density at radius 3 is 2.39 bits per heavy atom. The van der Waals surface area contributed by atoms with E-state index in [4.69, 9.17) is 4.98 Å². The number of benzene rings is 1. The zero-order valence-electron chi connectivity index (χ0n) is 19.5. The van der Waals surface area contributed by atoms with Gasteiger partial charge >= 0.3 is 0 Å². The molecule has 1 N–H and O–H groups in total. The highest BCUT2D eigenvalue weighted by molar-refractivity contribution is 7.96. The van der Waals surface area contributed by atoms with E-state index in [2.05, 4.69) is 29.7 Å². The van der Waals surface area contributed by atoms with Crippen molar-refractivity contribution in [3.8, 4) is 11.5 Å². The van der Waals surface area contributed by atoms with Crippen molar-refractivity contribution >= 4 is 21.9 Å². The third-order valence-corrected chi connectivity index (χ3v) is 6.74. The van der Waals surface area contributed by atoms with E-state index in [1.807, 2.05) is 49.4 Å². The van der Waals surface area contributed by atoms with Gasteiger partial charge in [-0.3, -0.25) is 4.72 Å². The second-order valence-corrected chi connectivity index (χ2v) is 9.87. The first-order chi connectivity index (χ1) is 17.4. The number of aryl methyl sites for hydroxylation is 1. The van der Waals surface area contributed by atoms with E-state index in [0.29, 0.717) is 36.6 Å². The zero-order valence-corrected chi connectivity index (χ0v) is 20.4. The van der Waals surface area contributed by atoms with Gasteiger partial charge in [0.1, 0.15) is 11.5 Å². The Hall–Kier alpha value is -4.31. The predicted octanol–water partition coefficient (Wildman–Crippen LogP) is 3.88. The van der Waals surface area contributed by atoms with Crippen LogP contribution in [0.5, 0.6) is 0 Å². The molecule has 10 heteroatoms. The molecule has 0 atom stereocenters. The molecular weight excluding hydrogens is 474 g/mol. The van der Waals surface area contributed by atoms with Crippen molar-refractivity contribution in [2.75, 3.05) is 4.72 Å². The second kappa shape index (κ2) is 10.1. The molecule has 0 bridgehead atoms. The fourth-order valence-electron chi connectivity index (χ4n) is 3.70. The minimum Gasteiger partial charge on any atom is -0.278 e. The number of anilines is 1. The molecule has 36 heavy (non-hydrogen) atoms. The lowest BCUT2D eigenvalue weighted by molar-refractivity contribution is 0.606. The van der Waals surface area contributed by atoms with E-state index in [-0.39, 0.29) is 5.03 Å². The lowest BCUT2D eigenvalue weighted by atomic mass is 10.1. The molecule has 0 amide bonds. The molecule has 3 aromatic heterocycles. The van der Waals surface area contributed by atoms with Crippen LogP contribution in [-0.4, -0.2) is 39.6 Å². The summed E-state index contributed by atoms with van der Waals surface area (Å²) in [6.45, 7) is 1.94. The topological polar surface area (TPSA) is 123 Å². The number of aromatic nitrogens is 5. The molecule has 180 valence electrons. The lowest BCUT2D eigenvalue weighted by Crippen LogP contribution is -2.13. The molecule has 0 spiro atoms. The first-order valence-corrected chi connectivity index (χ1v) is 12.8. The summed E-state index contributed by atoms with van der Waals surface area (Å²) in [6.07, 6.45) is 8.18. The number of hydrogen-bond donors (Lipinski definition) is 1. The zero-order chi connectivity index (χ0) is 25.0. The standard InChI is InChI=1S/C26H23N7O2S/c1-18-4-2-5-23(30-18)26-29-15-12-22(32-26)17-21-11-14-27-24(31-21)16-19-7-9-20(10-8-19)33-36(34,35)25-6-3-13-28-25/h2,4-15,33H,3,16-17H2,1H3. The molecule has 1 aliphatic heterocycles. The van der Waals surface area contributed by atoms with Gasteiger partial charge in [0, 0.05) is 49.3 Å². The summed E-state index contributed by atoms with van der Waals surface area (Å²) in [5.41, 5.74) is 4.76. The number of rotatable bonds is 8. The largest absolute Gasteiger partial charge is 0.279 e. The van der Waals surface area contributed by atoms with Gasteiger partial charge in [0.05, 0.1) is 11.4 Å². The maximum Gasteiger partial charge on any atom is 0.279 e. The Labute approximate surface area is 209 Å². The lowest BCUT2D eigenvalue weighted by Gasteiger charge is -2.08. The van der Waals surface area contributed by atoms with E-state index >= 15 is 0 Å². The third-order valence-electron chi connectivity index (χ3n) is 5.42. The Balaban J connectivity index is 1.26. The van der Waals surface area contributed by atoms with E-state index in [1.165, 1.54) is 0 Å². The minimum atomic E-state index is -3.67. The fraction of sp³-hybridized carbons (Fsp3) is 0.154. The first-order valence-electron chi connectivity index (χ1n) is 11.4. The van der Waals surface area contributed by atoms with Crippen LogP contribution in [0, 0.1) is 6.92 Å². The fourth-order valence-corrected chi connectivity index (χ4v) is 4.78. The van der Waals surface area contributed by atoms with Gasteiger partial charge < -0.3 is 0 Å². The van der Waals surface area contributed by atoms with E-state index in [0.717, 1.165) is 28.3 Å². The summed E-state index contributed by atoms with van der Waals surface area (Å²) >= 11 is 0. The van der Waals surface area contributed by atoms with Gasteiger partial charge in [-0.15, -0.1) is 0 Å². The Kier molecular flexibility index (Phi) is 6.59. The number of aliphatic imine (C=N–C) groups is 1. The molecule has 0 aliphatic carbocycles. The van der Waals surface area contributed by atoms with Gasteiger partial charge in [0.15, 0.2) is 10.9 Å². The van der Waals surface area contributed by atoms with Gasteiger partial charge in [0.25, 0.3) is 10.0 Å². The molecule has 0 saturated carbocycles. The Morgan fingerprint density at radius 1 is 0.861 bits per heavy atom. The molecule has 0 radical (unpaired) electrons. The van der Waals surface area contributed by atoms with Crippen LogP contribution in [0.2, 0.25) is 0 Å². The predicted molar refractivity (Wildman–Crippen MR) is 138 cm³/mol. The number of sulfonamides is 1. The molecule has 0 unspecified atom stereocenters. The summed E-state index contributed by atoms with van der Waals surface area (Å²) in [4.78, 5) is 26.5. The Morgan fingerprint density at radius 2 is 1.64 bits per heavy atom. The highest BCUT2D eigenvalue weighted by Gasteiger charge is 2.18. The minimum absolute atomic E-state index is 0.0442. The van der Waals surface area contributed by atoms with Crippen molar-refractivity contribution in [1.82, 2.24) is 24.9 Å². The number of allylic oxidation sites excluding steroid dienone is 1. The van der Waals surface area contributed by atoms with Crippen LogP contribution >= 0.6 is 0 Å². The monoisotopic (exact) mass is 497 g/mol. The molecule has 4 aromatic rings. The molecule has 4 heterocycles. The van der Waals surface area contributed by atoms with Gasteiger partial charge in [-0.05, 0) is 55.0 Å². The third kappa shape index (κ3) is 5.66. The van der Waals surface area contributed by atoms with Crippen LogP contribution in [0.15, 0.2) is 83.1 Å². The number of hydrogen-bond acceptors (Lipinski definition) is 8. The number of pyridine rings is 1. The van der Waals surface area contributed by atoms with Crippen molar-refractivity contribution in [2.24, 2.45) is 4.99 Å². The van der Waals surface area contributed by atoms with Crippen molar-refractivity contribution in [1.29, 1.82) is 0 Å². The van der Waals surface area contributed by atoms with Crippen LogP contribution in [0.4, 0.5) is 5.69 Å². The first kappa shape index (κ1) is 23.4. The van der Waals surface area contributed by atoms with Crippen molar-refractivity contribution in [2.45, 2.75) is 26.2 Å².